The van der Waals surface area contributed by atoms with Crippen LogP contribution in [0.5, 0.6) is 5.75 Å². The van der Waals surface area contributed by atoms with Gasteiger partial charge in [0.1, 0.15) is 5.75 Å². The van der Waals surface area contributed by atoms with Crippen LogP contribution in [0.4, 0.5) is 11.4 Å². The van der Waals surface area contributed by atoms with Crippen molar-refractivity contribution in [2.24, 2.45) is 0 Å². The van der Waals surface area contributed by atoms with Gasteiger partial charge in [0.05, 0.1) is 33.9 Å². The molecule has 2 N–H and O–H groups in total. The van der Waals surface area contributed by atoms with Gasteiger partial charge in [-0.2, -0.15) is 0 Å². The fourth-order valence-electron chi connectivity index (χ4n) is 2.95. The van der Waals surface area contributed by atoms with Gasteiger partial charge in [0, 0.05) is 16.3 Å². The van der Waals surface area contributed by atoms with E-state index in [-0.39, 0.29) is 22.5 Å². The van der Waals surface area contributed by atoms with Crippen LogP contribution in [0.1, 0.15) is 20.3 Å². The van der Waals surface area contributed by atoms with E-state index >= 15 is 0 Å². The lowest BCUT2D eigenvalue weighted by molar-refractivity contribution is -0.116. The normalized spacial score (nSPS) is 16.9. The molecular weight excluding hydrogens is 448 g/mol. The van der Waals surface area contributed by atoms with Crippen LogP contribution in [0.25, 0.3) is 0 Å². The number of rotatable bonds is 6. The van der Waals surface area contributed by atoms with Crippen molar-refractivity contribution in [3.63, 3.8) is 0 Å². The van der Waals surface area contributed by atoms with Crippen LogP contribution in [-0.2, 0) is 19.4 Å². The topological polar surface area (TPSA) is 102 Å². The number of ether oxygens (including phenoxy) is 1. The second-order valence-electron chi connectivity index (χ2n) is 6.86. The third kappa shape index (κ3) is 4.74. The van der Waals surface area contributed by atoms with Gasteiger partial charge in [0.15, 0.2) is 9.84 Å². The molecule has 2 aromatic carbocycles. The molecule has 2 amide bonds. The molecule has 1 aliphatic rings. The summed E-state index contributed by atoms with van der Waals surface area (Å²) in [6, 6.07) is 9.37. The number of sulfone groups is 1. The Morgan fingerprint density at radius 3 is 2.73 bits per heavy atom. The second-order valence-corrected chi connectivity index (χ2v) is 11.0. The van der Waals surface area contributed by atoms with Crippen molar-refractivity contribution < 1.29 is 22.7 Å². The molecule has 0 spiro atoms. The Balaban J connectivity index is 1.76. The Morgan fingerprint density at radius 1 is 1.30 bits per heavy atom. The minimum Gasteiger partial charge on any atom is -0.495 e. The molecule has 30 heavy (non-hydrogen) atoms. The van der Waals surface area contributed by atoms with Crippen molar-refractivity contribution in [1.82, 2.24) is 0 Å². The maximum absolute atomic E-state index is 13.0. The summed E-state index contributed by atoms with van der Waals surface area (Å²) in [5, 5.41) is 4.55. The zero-order valence-corrected chi connectivity index (χ0v) is 19.0. The summed E-state index contributed by atoms with van der Waals surface area (Å²) in [4.78, 5) is 25.2. The van der Waals surface area contributed by atoms with E-state index < -0.39 is 21.0 Å². The Kier molecular flexibility index (Phi) is 6.64. The van der Waals surface area contributed by atoms with Crippen LogP contribution in [0.15, 0.2) is 46.2 Å². The van der Waals surface area contributed by atoms with Crippen LogP contribution in [-0.4, -0.2) is 37.8 Å². The van der Waals surface area contributed by atoms with E-state index in [0.29, 0.717) is 22.1 Å². The number of thioether (sulfide) groups is 1. The smallest absolute Gasteiger partial charge is 0.237 e. The van der Waals surface area contributed by atoms with Crippen LogP contribution >= 0.6 is 23.4 Å². The molecule has 160 valence electrons. The van der Waals surface area contributed by atoms with Gasteiger partial charge < -0.3 is 15.4 Å². The molecule has 0 saturated carbocycles. The first-order valence-electron chi connectivity index (χ1n) is 9.10. The van der Waals surface area contributed by atoms with Gasteiger partial charge in [-0.1, -0.05) is 11.6 Å². The van der Waals surface area contributed by atoms with E-state index in [1.165, 1.54) is 44.0 Å². The van der Waals surface area contributed by atoms with Gasteiger partial charge in [0.25, 0.3) is 0 Å². The van der Waals surface area contributed by atoms with Gasteiger partial charge in [0.2, 0.25) is 11.8 Å². The average molecular weight is 469 g/mol. The molecule has 1 aliphatic heterocycles. The van der Waals surface area contributed by atoms with E-state index in [2.05, 4.69) is 10.6 Å². The number of amides is 2. The lowest BCUT2D eigenvalue weighted by Crippen LogP contribution is -2.27. The maximum atomic E-state index is 13.0. The Hall–Kier alpha value is -2.23. The van der Waals surface area contributed by atoms with E-state index in [1.807, 2.05) is 0 Å². The summed E-state index contributed by atoms with van der Waals surface area (Å²) in [7, 11) is -2.34. The Morgan fingerprint density at radius 2 is 2.03 bits per heavy atom. The van der Waals surface area contributed by atoms with Crippen LogP contribution in [0, 0.1) is 0 Å². The highest BCUT2D eigenvalue weighted by Crippen LogP contribution is 2.37. The molecule has 0 bridgehead atoms. The summed E-state index contributed by atoms with van der Waals surface area (Å²) >= 11 is 7.33. The van der Waals surface area contributed by atoms with Gasteiger partial charge in [-0.3, -0.25) is 9.59 Å². The van der Waals surface area contributed by atoms with Crippen molar-refractivity contribution >= 4 is 56.4 Å². The van der Waals surface area contributed by atoms with Gasteiger partial charge in [-0.15, -0.1) is 11.8 Å². The fraction of sp³-hybridized carbons (Fsp3) is 0.300. The van der Waals surface area contributed by atoms with Gasteiger partial charge >= 0.3 is 0 Å². The van der Waals surface area contributed by atoms with Crippen molar-refractivity contribution in [1.29, 1.82) is 0 Å². The van der Waals surface area contributed by atoms with E-state index in [4.69, 9.17) is 16.3 Å². The molecular formula is C20H21ClN2O5S2. The molecule has 7 nitrogen and oxygen atoms in total. The quantitative estimate of drug-likeness (QED) is 0.665. The summed E-state index contributed by atoms with van der Waals surface area (Å²) in [5.41, 5.74) is 0.826. The number of methoxy groups -OCH3 is 1. The molecule has 10 heteroatoms. The highest BCUT2D eigenvalue weighted by molar-refractivity contribution is 8.01. The third-order valence-corrected chi connectivity index (χ3v) is 8.20. The molecule has 0 unspecified atom stereocenters. The first-order chi connectivity index (χ1) is 14.1. The van der Waals surface area contributed by atoms with E-state index in [0.717, 1.165) is 4.90 Å². The van der Waals surface area contributed by atoms with Crippen LogP contribution < -0.4 is 15.4 Å². The molecule has 0 saturated heterocycles. The molecule has 0 radical (unpaired) electrons. The fourth-order valence-corrected chi connectivity index (χ4v) is 5.42. The predicted octanol–water partition coefficient (Wildman–Crippen LogP) is 3.97. The van der Waals surface area contributed by atoms with Crippen molar-refractivity contribution in [2.45, 2.75) is 40.6 Å². The molecule has 0 fully saturated rings. The van der Waals surface area contributed by atoms with Crippen molar-refractivity contribution in [3.8, 4) is 5.75 Å². The van der Waals surface area contributed by atoms with Crippen molar-refractivity contribution in [3.05, 3.63) is 41.4 Å². The minimum atomic E-state index is -3.79. The molecule has 3 rings (SSSR count). The average Bonchev–Trinajstić information content (AvgIpc) is 2.68. The zero-order valence-electron chi connectivity index (χ0n) is 16.6. The molecule has 2 atom stereocenters. The minimum absolute atomic E-state index is 0.0531. The highest BCUT2D eigenvalue weighted by atomic mass is 35.5. The number of fused-ring (bicyclic) bond motifs is 1. The monoisotopic (exact) mass is 468 g/mol. The van der Waals surface area contributed by atoms with Gasteiger partial charge in [-0.05, 0) is 50.2 Å². The summed E-state index contributed by atoms with van der Waals surface area (Å²) in [6.07, 6.45) is -0.257. The Bertz CT molecular complexity index is 1100. The molecule has 1 heterocycles. The number of hydrogen-bond acceptors (Lipinski definition) is 6. The zero-order chi connectivity index (χ0) is 22.1. The Labute approximate surface area is 184 Å². The van der Waals surface area contributed by atoms with E-state index in [9.17, 15) is 18.0 Å². The predicted molar refractivity (Wildman–Crippen MR) is 118 cm³/mol. The summed E-state index contributed by atoms with van der Waals surface area (Å²) in [5.74, 6) is -0.243. The second kappa shape index (κ2) is 8.87. The lowest BCUT2D eigenvalue weighted by atomic mass is 10.2. The molecule has 0 aromatic heterocycles. The third-order valence-electron chi connectivity index (χ3n) is 4.65. The number of hydrogen-bond donors (Lipinski definition) is 2. The van der Waals surface area contributed by atoms with E-state index in [1.54, 1.807) is 25.1 Å². The molecule has 2 aromatic rings. The highest BCUT2D eigenvalue weighted by Gasteiger charge is 2.29. The number of halogens is 1. The maximum Gasteiger partial charge on any atom is 0.237 e. The number of benzene rings is 2. The van der Waals surface area contributed by atoms with Gasteiger partial charge in [-0.25, -0.2) is 8.42 Å². The number of anilines is 2. The van der Waals surface area contributed by atoms with Crippen molar-refractivity contribution in [2.75, 3.05) is 17.7 Å². The first-order valence-corrected chi connectivity index (χ1v) is 11.9. The summed E-state index contributed by atoms with van der Waals surface area (Å²) in [6.45, 7) is 3.25. The number of carbonyl (C=O) groups excluding carboxylic acids is 2. The van der Waals surface area contributed by atoms with Crippen LogP contribution in [0.2, 0.25) is 5.02 Å². The lowest BCUT2D eigenvalue weighted by Gasteiger charge is -2.22. The standard InChI is InChI=1S/C20H21ClN2O5S2/c1-11(8-19(24)22-15-9-13(21)4-6-17(15)28-3)30(26,27)14-5-7-18-16(10-14)23-20(25)12(2)29-18/h4-7,9-12H,8H2,1-3H3,(H,22,24)(H,23,25)/t11-,12+/m1/s1. The number of nitrogens with one attached hydrogen (secondary N) is 2. The SMILES string of the molecule is COc1ccc(Cl)cc1NC(=O)C[C@@H](C)S(=O)(=O)c1ccc2c(c1)NC(=O)[C@H](C)S2. The van der Waals surface area contributed by atoms with Crippen LogP contribution in [0.3, 0.4) is 0 Å². The molecule has 0 aliphatic carbocycles. The largest absolute Gasteiger partial charge is 0.495 e. The first kappa shape index (κ1) is 22.5. The number of carbonyl (C=O) groups is 2. The summed E-state index contributed by atoms with van der Waals surface area (Å²) < 4.78 is 31.2.